The monoisotopic (exact) mass is 255 g/mol. The standard InChI is InChI=1S/C13H25N3O2/c1-10(2)16(13(18)8-15-11(3)17)9-12-4-6-14-7-5-12/h10,12,14H,4-9H2,1-3H3,(H,15,17). The zero-order chi connectivity index (χ0) is 13.5. The fourth-order valence-electron chi connectivity index (χ4n) is 2.24. The summed E-state index contributed by atoms with van der Waals surface area (Å²) in [5.74, 6) is 0.433. The quantitative estimate of drug-likeness (QED) is 0.745. The Hall–Kier alpha value is -1.10. The minimum atomic E-state index is -0.158. The Morgan fingerprint density at radius 2 is 1.94 bits per heavy atom. The SMILES string of the molecule is CC(=O)NCC(=O)N(CC1CCNCC1)C(C)C. The third kappa shape index (κ3) is 5.04. The lowest BCUT2D eigenvalue weighted by atomic mass is 9.97. The van der Waals surface area contributed by atoms with Gasteiger partial charge in [-0.1, -0.05) is 0 Å². The van der Waals surface area contributed by atoms with Crippen molar-refractivity contribution in [3.05, 3.63) is 0 Å². The lowest BCUT2D eigenvalue weighted by Gasteiger charge is -2.33. The van der Waals surface area contributed by atoms with E-state index in [0.717, 1.165) is 32.5 Å². The van der Waals surface area contributed by atoms with Gasteiger partial charge in [0.15, 0.2) is 0 Å². The second-order valence-electron chi connectivity index (χ2n) is 5.24. The maximum Gasteiger partial charge on any atom is 0.242 e. The molecule has 18 heavy (non-hydrogen) atoms. The smallest absolute Gasteiger partial charge is 0.242 e. The van der Waals surface area contributed by atoms with E-state index in [4.69, 9.17) is 0 Å². The first-order valence-corrected chi connectivity index (χ1v) is 6.75. The second-order valence-corrected chi connectivity index (χ2v) is 5.24. The molecule has 0 bridgehead atoms. The molecule has 5 heteroatoms. The maximum absolute atomic E-state index is 12.1. The van der Waals surface area contributed by atoms with Gasteiger partial charge in [0, 0.05) is 19.5 Å². The summed E-state index contributed by atoms with van der Waals surface area (Å²) in [7, 11) is 0. The van der Waals surface area contributed by atoms with Gasteiger partial charge in [-0.2, -0.15) is 0 Å². The van der Waals surface area contributed by atoms with E-state index >= 15 is 0 Å². The highest BCUT2D eigenvalue weighted by Gasteiger charge is 2.22. The molecule has 104 valence electrons. The summed E-state index contributed by atoms with van der Waals surface area (Å²) < 4.78 is 0. The van der Waals surface area contributed by atoms with Crippen molar-refractivity contribution < 1.29 is 9.59 Å². The average molecular weight is 255 g/mol. The number of rotatable bonds is 5. The van der Waals surface area contributed by atoms with Gasteiger partial charge in [-0.25, -0.2) is 0 Å². The van der Waals surface area contributed by atoms with Crippen molar-refractivity contribution in [1.82, 2.24) is 15.5 Å². The molecule has 5 nitrogen and oxygen atoms in total. The fourth-order valence-corrected chi connectivity index (χ4v) is 2.24. The van der Waals surface area contributed by atoms with Crippen LogP contribution in [0.15, 0.2) is 0 Å². The van der Waals surface area contributed by atoms with E-state index in [-0.39, 0.29) is 24.4 Å². The summed E-state index contributed by atoms with van der Waals surface area (Å²) in [4.78, 5) is 24.8. The molecule has 0 aliphatic carbocycles. The Bertz CT molecular complexity index is 286. The highest BCUT2D eigenvalue weighted by atomic mass is 16.2. The molecule has 0 aromatic heterocycles. The van der Waals surface area contributed by atoms with Crippen LogP contribution >= 0.6 is 0 Å². The van der Waals surface area contributed by atoms with Crippen molar-refractivity contribution in [3.8, 4) is 0 Å². The molecule has 2 N–H and O–H groups in total. The van der Waals surface area contributed by atoms with Gasteiger partial charge in [0.25, 0.3) is 0 Å². The second kappa shape index (κ2) is 7.36. The average Bonchev–Trinajstić information content (AvgIpc) is 2.34. The van der Waals surface area contributed by atoms with Crippen molar-refractivity contribution in [2.24, 2.45) is 5.92 Å². The first-order valence-electron chi connectivity index (χ1n) is 6.75. The van der Waals surface area contributed by atoms with E-state index in [2.05, 4.69) is 10.6 Å². The molecule has 1 saturated heterocycles. The Balaban J connectivity index is 2.47. The van der Waals surface area contributed by atoms with E-state index in [1.165, 1.54) is 6.92 Å². The van der Waals surface area contributed by atoms with Crippen molar-refractivity contribution in [1.29, 1.82) is 0 Å². The summed E-state index contributed by atoms with van der Waals surface area (Å²) in [5.41, 5.74) is 0. The number of carbonyl (C=O) groups is 2. The zero-order valence-corrected chi connectivity index (χ0v) is 11.7. The predicted molar refractivity (Wildman–Crippen MR) is 71.1 cm³/mol. The van der Waals surface area contributed by atoms with Gasteiger partial charge in [-0.05, 0) is 45.7 Å². The highest BCUT2D eigenvalue weighted by molar-refractivity contribution is 5.83. The molecule has 0 unspecified atom stereocenters. The van der Waals surface area contributed by atoms with Gasteiger partial charge in [-0.3, -0.25) is 9.59 Å². The van der Waals surface area contributed by atoms with Crippen LogP contribution in [0.1, 0.15) is 33.6 Å². The Morgan fingerprint density at radius 3 is 2.44 bits per heavy atom. The van der Waals surface area contributed by atoms with E-state index in [1.54, 1.807) is 0 Å². The molecule has 0 atom stereocenters. The third-order valence-corrected chi connectivity index (χ3v) is 3.35. The van der Waals surface area contributed by atoms with E-state index in [0.29, 0.717) is 5.92 Å². The summed E-state index contributed by atoms with van der Waals surface area (Å²) in [6, 6.07) is 0.182. The van der Waals surface area contributed by atoms with Gasteiger partial charge in [-0.15, -0.1) is 0 Å². The Kier molecular flexibility index (Phi) is 6.12. The molecule has 1 aliphatic heterocycles. The van der Waals surface area contributed by atoms with Gasteiger partial charge in [0.1, 0.15) is 0 Å². The molecule has 1 fully saturated rings. The number of nitrogens with one attached hydrogen (secondary N) is 2. The van der Waals surface area contributed by atoms with Crippen molar-refractivity contribution in [2.45, 2.75) is 39.7 Å². The molecule has 0 saturated carbocycles. The van der Waals surface area contributed by atoms with Gasteiger partial charge in [0.2, 0.25) is 11.8 Å². The van der Waals surface area contributed by atoms with E-state index in [9.17, 15) is 9.59 Å². The first kappa shape index (κ1) is 15.0. The molecule has 1 aliphatic rings. The molecule has 1 heterocycles. The zero-order valence-electron chi connectivity index (χ0n) is 11.7. The summed E-state index contributed by atoms with van der Waals surface area (Å²) in [5, 5.41) is 5.90. The molecule has 1 rings (SSSR count). The lowest BCUT2D eigenvalue weighted by Crippen LogP contribution is -2.46. The molecular formula is C13H25N3O2. The Labute approximate surface area is 109 Å². The van der Waals surface area contributed by atoms with Crippen molar-refractivity contribution in [2.75, 3.05) is 26.2 Å². The van der Waals surface area contributed by atoms with Crippen LogP contribution in [0.2, 0.25) is 0 Å². The number of amides is 2. The molecule has 0 spiro atoms. The summed E-state index contributed by atoms with van der Waals surface area (Å²) in [6.45, 7) is 8.46. The lowest BCUT2D eigenvalue weighted by molar-refractivity contribution is -0.134. The van der Waals surface area contributed by atoms with Crippen molar-refractivity contribution >= 4 is 11.8 Å². The predicted octanol–water partition coefficient (Wildman–Crippen LogP) is 0.359. The minimum absolute atomic E-state index is 0.0127. The molecule has 0 aromatic carbocycles. The van der Waals surface area contributed by atoms with Crippen LogP contribution in [-0.2, 0) is 9.59 Å². The number of piperidine rings is 1. The number of hydrogen-bond donors (Lipinski definition) is 2. The number of carbonyl (C=O) groups excluding carboxylic acids is 2. The largest absolute Gasteiger partial charge is 0.347 e. The molecule has 2 amide bonds. The molecular weight excluding hydrogens is 230 g/mol. The van der Waals surface area contributed by atoms with Crippen LogP contribution in [0.25, 0.3) is 0 Å². The third-order valence-electron chi connectivity index (χ3n) is 3.35. The van der Waals surface area contributed by atoms with Crippen LogP contribution in [0.3, 0.4) is 0 Å². The topological polar surface area (TPSA) is 61.4 Å². The van der Waals surface area contributed by atoms with Crippen LogP contribution < -0.4 is 10.6 Å². The summed E-state index contributed by atoms with van der Waals surface area (Å²) >= 11 is 0. The van der Waals surface area contributed by atoms with Gasteiger partial charge < -0.3 is 15.5 Å². The van der Waals surface area contributed by atoms with Crippen LogP contribution in [0.4, 0.5) is 0 Å². The van der Waals surface area contributed by atoms with Crippen molar-refractivity contribution in [3.63, 3.8) is 0 Å². The molecule has 0 radical (unpaired) electrons. The highest BCUT2D eigenvalue weighted by Crippen LogP contribution is 2.15. The van der Waals surface area contributed by atoms with E-state index in [1.807, 2.05) is 18.7 Å². The molecule has 0 aromatic rings. The summed E-state index contributed by atoms with van der Waals surface area (Å²) in [6.07, 6.45) is 2.24. The van der Waals surface area contributed by atoms with Gasteiger partial charge >= 0.3 is 0 Å². The van der Waals surface area contributed by atoms with Gasteiger partial charge in [0.05, 0.1) is 6.54 Å². The van der Waals surface area contributed by atoms with Crippen LogP contribution in [0, 0.1) is 5.92 Å². The van der Waals surface area contributed by atoms with Crippen LogP contribution in [-0.4, -0.2) is 48.9 Å². The number of hydrogen-bond acceptors (Lipinski definition) is 3. The Morgan fingerprint density at radius 1 is 1.33 bits per heavy atom. The normalized spacial score (nSPS) is 16.7. The number of nitrogens with zero attached hydrogens (tertiary/aromatic N) is 1. The first-order chi connectivity index (χ1) is 8.50. The van der Waals surface area contributed by atoms with Crippen LogP contribution in [0.5, 0.6) is 0 Å². The van der Waals surface area contributed by atoms with E-state index < -0.39 is 0 Å². The maximum atomic E-state index is 12.1. The fraction of sp³-hybridized carbons (Fsp3) is 0.846. The minimum Gasteiger partial charge on any atom is -0.347 e.